The van der Waals surface area contributed by atoms with Crippen LogP contribution in [0.2, 0.25) is 0 Å². The van der Waals surface area contributed by atoms with E-state index in [2.05, 4.69) is 10.5 Å². The van der Waals surface area contributed by atoms with Gasteiger partial charge in [-0.1, -0.05) is 30.3 Å². The predicted octanol–water partition coefficient (Wildman–Crippen LogP) is 2.25. The molecule has 0 saturated heterocycles. The minimum Gasteiger partial charge on any atom is -0.454 e. The molecule has 0 bridgehead atoms. The Hall–Kier alpha value is -2.86. The Morgan fingerprint density at radius 1 is 1.22 bits per heavy atom. The van der Waals surface area contributed by atoms with Gasteiger partial charge in [0.1, 0.15) is 0 Å². The third-order valence-electron chi connectivity index (χ3n) is 3.36. The van der Waals surface area contributed by atoms with Gasteiger partial charge in [-0.15, -0.1) is 0 Å². The number of carbonyl (C=O) groups is 1. The normalized spacial score (nSPS) is 14.0. The number of fused-ring (bicyclic) bond motifs is 1. The lowest BCUT2D eigenvalue weighted by Crippen LogP contribution is -2.26. The lowest BCUT2D eigenvalue weighted by atomic mass is 10.1. The fraction of sp³-hybridized carbons (Fsp3) is 0.176. The molecular weight excluding hydrogens is 296 g/mol. The summed E-state index contributed by atoms with van der Waals surface area (Å²) in [7, 11) is 1.48. The summed E-state index contributed by atoms with van der Waals surface area (Å²) in [5.41, 5.74) is 4.05. The fourth-order valence-electron chi connectivity index (χ4n) is 2.24. The van der Waals surface area contributed by atoms with Gasteiger partial charge in [-0.05, 0) is 29.3 Å². The molecule has 23 heavy (non-hydrogen) atoms. The number of rotatable bonds is 5. The minimum absolute atomic E-state index is 0.221. The molecule has 0 spiro atoms. The van der Waals surface area contributed by atoms with E-state index >= 15 is 0 Å². The summed E-state index contributed by atoms with van der Waals surface area (Å²) < 4.78 is 15.8. The van der Waals surface area contributed by atoms with Gasteiger partial charge in [0.2, 0.25) is 6.79 Å². The van der Waals surface area contributed by atoms with Gasteiger partial charge in [0.15, 0.2) is 17.6 Å². The average molecular weight is 312 g/mol. The van der Waals surface area contributed by atoms with Crippen LogP contribution in [0.1, 0.15) is 17.2 Å². The highest BCUT2D eigenvalue weighted by Gasteiger charge is 2.19. The molecule has 1 atom stereocenters. The van der Waals surface area contributed by atoms with E-state index in [4.69, 9.17) is 14.2 Å². The topological polar surface area (TPSA) is 69.2 Å². The molecule has 2 aromatic rings. The SMILES string of the molecule is CO[C@H](C(=O)N/N=C\c1ccc2c(c1)OCO2)c1ccccc1. The van der Waals surface area contributed by atoms with Crippen LogP contribution >= 0.6 is 0 Å². The zero-order valence-corrected chi connectivity index (χ0v) is 12.6. The largest absolute Gasteiger partial charge is 0.454 e. The maximum absolute atomic E-state index is 12.2. The number of carbonyl (C=O) groups excluding carboxylic acids is 1. The van der Waals surface area contributed by atoms with Crippen LogP contribution in [0, 0.1) is 0 Å². The van der Waals surface area contributed by atoms with E-state index in [1.807, 2.05) is 36.4 Å². The summed E-state index contributed by atoms with van der Waals surface area (Å²) in [6, 6.07) is 14.7. The molecule has 0 fully saturated rings. The van der Waals surface area contributed by atoms with Crippen molar-refractivity contribution < 1.29 is 19.0 Å². The number of hydrogen-bond donors (Lipinski definition) is 1. The maximum Gasteiger partial charge on any atom is 0.273 e. The predicted molar refractivity (Wildman–Crippen MR) is 84.5 cm³/mol. The lowest BCUT2D eigenvalue weighted by Gasteiger charge is -2.13. The van der Waals surface area contributed by atoms with Gasteiger partial charge in [-0.2, -0.15) is 5.10 Å². The number of nitrogens with one attached hydrogen (secondary N) is 1. The first-order valence-electron chi connectivity index (χ1n) is 7.08. The molecule has 1 amide bonds. The lowest BCUT2D eigenvalue weighted by molar-refractivity contribution is -0.131. The Morgan fingerprint density at radius 3 is 2.78 bits per heavy atom. The summed E-state index contributed by atoms with van der Waals surface area (Å²) in [6.45, 7) is 0.221. The van der Waals surface area contributed by atoms with E-state index in [-0.39, 0.29) is 12.7 Å². The third kappa shape index (κ3) is 3.49. The second-order valence-electron chi connectivity index (χ2n) is 4.87. The van der Waals surface area contributed by atoms with Gasteiger partial charge in [-0.25, -0.2) is 5.43 Å². The van der Waals surface area contributed by atoms with Crippen LogP contribution < -0.4 is 14.9 Å². The molecule has 0 unspecified atom stereocenters. The minimum atomic E-state index is -0.704. The van der Waals surface area contributed by atoms with Crippen molar-refractivity contribution in [3.63, 3.8) is 0 Å². The number of amides is 1. The summed E-state index contributed by atoms with van der Waals surface area (Å²) in [4.78, 5) is 12.2. The first-order valence-corrected chi connectivity index (χ1v) is 7.08. The van der Waals surface area contributed by atoms with Crippen LogP contribution in [0.25, 0.3) is 0 Å². The molecule has 2 aromatic carbocycles. The van der Waals surface area contributed by atoms with Gasteiger partial charge in [0.05, 0.1) is 6.21 Å². The first kappa shape index (κ1) is 15.1. The Kier molecular flexibility index (Phi) is 4.54. The molecule has 3 rings (SSSR count). The van der Waals surface area contributed by atoms with Crippen molar-refractivity contribution in [3.05, 3.63) is 59.7 Å². The molecule has 1 aliphatic rings. The fourth-order valence-corrected chi connectivity index (χ4v) is 2.24. The summed E-state index contributed by atoms with van der Waals surface area (Å²) in [5.74, 6) is 1.03. The molecule has 1 N–H and O–H groups in total. The van der Waals surface area contributed by atoms with Crippen molar-refractivity contribution >= 4 is 12.1 Å². The molecule has 0 aromatic heterocycles. The Balaban J connectivity index is 1.64. The van der Waals surface area contributed by atoms with E-state index < -0.39 is 6.10 Å². The van der Waals surface area contributed by atoms with Gasteiger partial charge >= 0.3 is 0 Å². The highest BCUT2D eigenvalue weighted by Crippen LogP contribution is 2.31. The molecule has 0 radical (unpaired) electrons. The molecule has 0 aliphatic carbocycles. The Bertz CT molecular complexity index is 716. The molecule has 0 saturated carbocycles. The van der Waals surface area contributed by atoms with E-state index in [0.717, 1.165) is 11.1 Å². The van der Waals surface area contributed by atoms with Crippen molar-refractivity contribution in [1.29, 1.82) is 0 Å². The van der Waals surface area contributed by atoms with E-state index in [1.165, 1.54) is 13.3 Å². The summed E-state index contributed by atoms with van der Waals surface area (Å²) >= 11 is 0. The van der Waals surface area contributed by atoms with Crippen molar-refractivity contribution in [2.24, 2.45) is 5.10 Å². The average Bonchev–Trinajstić information content (AvgIpc) is 3.04. The molecule has 6 heteroatoms. The Morgan fingerprint density at radius 2 is 2.00 bits per heavy atom. The number of methoxy groups -OCH3 is 1. The first-order chi connectivity index (χ1) is 11.3. The second-order valence-corrected chi connectivity index (χ2v) is 4.87. The highest BCUT2D eigenvalue weighted by atomic mass is 16.7. The monoisotopic (exact) mass is 312 g/mol. The molecule has 6 nitrogen and oxygen atoms in total. The second kappa shape index (κ2) is 6.93. The van der Waals surface area contributed by atoms with Gasteiger partial charge in [0.25, 0.3) is 5.91 Å². The van der Waals surface area contributed by atoms with E-state index in [1.54, 1.807) is 12.1 Å². The Labute approximate surface area is 133 Å². The molecule has 1 heterocycles. The van der Waals surface area contributed by atoms with Crippen LogP contribution in [0.4, 0.5) is 0 Å². The zero-order chi connectivity index (χ0) is 16.1. The van der Waals surface area contributed by atoms with Gasteiger partial charge in [-0.3, -0.25) is 4.79 Å². The highest BCUT2D eigenvalue weighted by molar-refractivity contribution is 5.85. The summed E-state index contributed by atoms with van der Waals surface area (Å²) in [6.07, 6.45) is 0.836. The number of nitrogens with zero attached hydrogens (tertiary/aromatic N) is 1. The van der Waals surface area contributed by atoms with E-state index in [0.29, 0.717) is 11.5 Å². The van der Waals surface area contributed by atoms with E-state index in [9.17, 15) is 4.79 Å². The van der Waals surface area contributed by atoms with Crippen molar-refractivity contribution in [2.45, 2.75) is 6.10 Å². The van der Waals surface area contributed by atoms with Crippen LogP contribution in [-0.2, 0) is 9.53 Å². The molecular formula is C17H16N2O4. The van der Waals surface area contributed by atoms with Gasteiger partial charge in [0, 0.05) is 7.11 Å². The van der Waals surface area contributed by atoms with Crippen molar-refractivity contribution in [2.75, 3.05) is 13.9 Å². The van der Waals surface area contributed by atoms with Gasteiger partial charge < -0.3 is 14.2 Å². The van der Waals surface area contributed by atoms with Crippen molar-refractivity contribution in [1.82, 2.24) is 5.43 Å². The van der Waals surface area contributed by atoms with Crippen LogP contribution in [0.15, 0.2) is 53.6 Å². The maximum atomic E-state index is 12.2. The van der Waals surface area contributed by atoms with Crippen LogP contribution in [0.3, 0.4) is 0 Å². The zero-order valence-electron chi connectivity index (χ0n) is 12.6. The van der Waals surface area contributed by atoms with Crippen molar-refractivity contribution in [3.8, 4) is 11.5 Å². The quantitative estimate of drug-likeness (QED) is 0.679. The van der Waals surface area contributed by atoms with Crippen LogP contribution in [0.5, 0.6) is 11.5 Å². The van der Waals surface area contributed by atoms with Crippen LogP contribution in [-0.4, -0.2) is 26.0 Å². The molecule has 1 aliphatic heterocycles. The number of hydrogen-bond acceptors (Lipinski definition) is 5. The smallest absolute Gasteiger partial charge is 0.273 e. The third-order valence-corrected chi connectivity index (χ3v) is 3.36. The number of benzene rings is 2. The number of ether oxygens (including phenoxy) is 3. The molecule has 118 valence electrons. The number of hydrazone groups is 1. The summed E-state index contributed by atoms with van der Waals surface area (Å²) in [5, 5.41) is 3.96. The standard InChI is InChI=1S/C17H16N2O4/c1-21-16(13-5-3-2-4-6-13)17(20)19-18-10-12-7-8-14-15(9-12)23-11-22-14/h2-10,16H,11H2,1H3,(H,19,20)/b18-10-/t16-/m0/s1.